The van der Waals surface area contributed by atoms with E-state index in [4.69, 9.17) is 5.41 Å². The number of nitrogens with zero attached hydrogens (tertiary/aromatic N) is 7. The predicted molar refractivity (Wildman–Crippen MR) is 144 cm³/mol. The molecule has 1 aliphatic rings. The van der Waals surface area contributed by atoms with Crippen LogP contribution in [0.3, 0.4) is 0 Å². The maximum Gasteiger partial charge on any atom is 0.225 e. The number of rotatable bonds is 6. The number of hydrogen-bond donors (Lipinski definition) is 3. The third-order valence-electron chi connectivity index (χ3n) is 6.90. The third-order valence-corrected chi connectivity index (χ3v) is 6.90. The Kier molecular flexibility index (Phi) is 6.77. The van der Waals surface area contributed by atoms with E-state index in [0.29, 0.717) is 49.1 Å². The van der Waals surface area contributed by atoms with Gasteiger partial charge in [0, 0.05) is 74.7 Å². The molecule has 0 spiro atoms. The molecule has 1 atom stereocenters. The molecule has 4 heterocycles. The van der Waals surface area contributed by atoms with E-state index in [-0.39, 0.29) is 5.82 Å². The normalized spacial score (nSPS) is 16.0. The lowest BCUT2D eigenvalue weighted by atomic mass is 9.90. The predicted octanol–water partition coefficient (Wildman–Crippen LogP) is 3.08. The second-order valence-electron chi connectivity index (χ2n) is 9.51. The van der Waals surface area contributed by atoms with Crippen LogP contribution in [0.15, 0.2) is 60.1 Å². The van der Waals surface area contributed by atoms with Crippen LogP contribution in [-0.4, -0.2) is 73.1 Å². The van der Waals surface area contributed by atoms with Gasteiger partial charge < -0.3 is 19.9 Å². The zero-order chi connectivity index (χ0) is 26.9. The maximum absolute atomic E-state index is 13.3. The summed E-state index contributed by atoms with van der Waals surface area (Å²) in [6.07, 6.45) is 8.21. The van der Waals surface area contributed by atoms with Gasteiger partial charge in [-0.1, -0.05) is 12.1 Å². The average molecular weight is 516 g/mol. The number of nitrogens with one attached hydrogen (secondary N) is 2. The van der Waals surface area contributed by atoms with Crippen molar-refractivity contribution in [2.45, 2.75) is 19.4 Å². The van der Waals surface area contributed by atoms with Crippen LogP contribution in [0.5, 0.6) is 0 Å². The molecule has 0 radical (unpaired) electrons. The molecule has 196 valence electrons. The van der Waals surface area contributed by atoms with E-state index >= 15 is 0 Å². The molecule has 11 heteroatoms. The van der Waals surface area contributed by atoms with E-state index in [1.807, 2.05) is 32.4 Å². The van der Waals surface area contributed by atoms with Gasteiger partial charge in [-0.2, -0.15) is 5.10 Å². The molecule has 10 nitrogen and oxygen atoms in total. The highest BCUT2D eigenvalue weighted by molar-refractivity contribution is 6.02. The Labute approximate surface area is 220 Å². The number of hydrogen-bond acceptors (Lipinski definition) is 6. The van der Waals surface area contributed by atoms with E-state index in [2.05, 4.69) is 34.8 Å². The van der Waals surface area contributed by atoms with Gasteiger partial charge in [-0.3, -0.25) is 10.1 Å². The fourth-order valence-corrected chi connectivity index (χ4v) is 4.74. The molecule has 0 unspecified atom stereocenters. The molecule has 3 N–H and O–H groups in total. The maximum atomic E-state index is 13.3. The number of anilines is 1. The quantitative estimate of drug-likeness (QED) is 0.268. The molecule has 3 aromatic heterocycles. The van der Waals surface area contributed by atoms with Crippen molar-refractivity contribution in [2.75, 3.05) is 31.1 Å². The van der Waals surface area contributed by atoms with Gasteiger partial charge in [0.25, 0.3) is 0 Å². The minimum Gasteiger partial charge on any atom is -0.381 e. The van der Waals surface area contributed by atoms with E-state index in [1.54, 1.807) is 36.1 Å². The number of H-pyrrole nitrogens is 1. The summed E-state index contributed by atoms with van der Waals surface area (Å²) in [5.74, 6) is 0.923. The van der Waals surface area contributed by atoms with Crippen LogP contribution in [0, 0.1) is 18.2 Å². The topological polar surface area (TPSA) is 122 Å². The van der Waals surface area contributed by atoms with Crippen LogP contribution in [0.1, 0.15) is 29.4 Å². The molecule has 0 aliphatic carbocycles. The number of aliphatic imine (C=N–C) groups is 1. The van der Waals surface area contributed by atoms with Gasteiger partial charge in [0.15, 0.2) is 5.84 Å². The fourth-order valence-electron chi connectivity index (χ4n) is 4.74. The molecule has 1 aliphatic heterocycles. The molecule has 4 aromatic rings. The summed E-state index contributed by atoms with van der Waals surface area (Å²) in [5, 5.41) is 23.0. The minimum absolute atomic E-state index is 0.357. The van der Waals surface area contributed by atoms with Gasteiger partial charge in [0.1, 0.15) is 17.8 Å². The van der Waals surface area contributed by atoms with Crippen molar-refractivity contribution in [1.82, 2.24) is 29.6 Å². The molecule has 0 amide bonds. The van der Waals surface area contributed by atoms with Crippen molar-refractivity contribution < 1.29 is 9.50 Å². The summed E-state index contributed by atoms with van der Waals surface area (Å²) in [7, 11) is 1.90. The van der Waals surface area contributed by atoms with Gasteiger partial charge in [0.05, 0.1) is 11.4 Å². The number of amidine groups is 1. The Morgan fingerprint density at radius 3 is 2.42 bits per heavy atom. The Morgan fingerprint density at radius 1 is 1.13 bits per heavy atom. The van der Waals surface area contributed by atoms with E-state index < -0.39 is 5.60 Å². The monoisotopic (exact) mass is 515 g/mol. The van der Waals surface area contributed by atoms with Gasteiger partial charge in [-0.05, 0) is 37.6 Å². The SMILES string of the molecule is Cc1nn(C)cc1-c1c[nH]c(/C(=N\C=N)N2CCN(c3ncc([C@@](C)(O)c4ccc(F)cc4)cn3)CC2)c1. The van der Waals surface area contributed by atoms with E-state index in [0.717, 1.165) is 28.9 Å². The van der Waals surface area contributed by atoms with Gasteiger partial charge >= 0.3 is 0 Å². The summed E-state index contributed by atoms with van der Waals surface area (Å²) in [5.41, 5.74) is 3.60. The summed E-state index contributed by atoms with van der Waals surface area (Å²) in [6.45, 7) is 6.30. The lowest BCUT2D eigenvalue weighted by Crippen LogP contribution is -2.49. The minimum atomic E-state index is -1.34. The van der Waals surface area contributed by atoms with Crippen LogP contribution in [-0.2, 0) is 12.6 Å². The van der Waals surface area contributed by atoms with Crippen LogP contribution in [0.4, 0.5) is 10.3 Å². The highest BCUT2D eigenvalue weighted by Crippen LogP contribution is 2.29. The third kappa shape index (κ3) is 4.92. The molecular weight excluding hydrogens is 485 g/mol. The lowest BCUT2D eigenvalue weighted by molar-refractivity contribution is 0.101. The highest BCUT2D eigenvalue weighted by atomic mass is 19.1. The zero-order valence-corrected chi connectivity index (χ0v) is 21.6. The fraction of sp³-hybridized carbons (Fsp3) is 0.296. The van der Waals surface area contributed by atoms with E-state index in [1.165, 1.54) is 12.1 Å². The van der Waals surface area contributed by atoms with Crippen molar-refractivity contribution >= 4 is 18.1 Å². The first-order valence-electron chi connectivity index (χ1n) is 12.3. The number of halogens is 1. The highest BCUT2D eigenvalue weighted by Gasteiger charge is 2.28. The number of piperazine rings is 1. The van der Waals surface area contributed by atoms with Crippen molar-refractivity contribution in [1.29, 1.82) is 5.41 Å². The molecule has 0 bridgehead atoms. The van der Waals surface area contributed by atoms with Crippen LogP contribution in [0.2, 0.25) is 0 Å². The molecule has 1 aromatic carbocycles. The number of aliphatic hydroxyl groups is 1. The largest absolute Gasteiger partial charge is 0.381 e. The molecular formula is C27H30FN9O. The van der Waals surface area contributed by atoms with Crippen LogP contribution < -0.4 is 4.90 Å². The Morgan fingerprint density at radius 2 is 1.82 bits per heavy atom. The van der Waals surface area contributed by atoms with Crippen LogP contribution in [0.25, 0.3) is 11.1 Å². The first-order chi connectivity index (χ1) is 18.3. The average Bonchev–Trinajstić information content (AvgIpc) is 3.53. The van der Waals surface area contributed by atoms with E-state index in [9.17, 15) is 9.50 Å². The van der Waals surface area contributed by atoms with Crippen molar-refractivity contribution in [3.8, 4) is 11.1 Å². The Balaban J connectivity index is 1.27. The summed E-state index contributed by atoms with van der Waals surface area (Å²) in [4.78, 5) is 20.9. The number of aromatic amines is 1. The first-order valence-corrected chi connectivity index (χ1v) is 12.3. The van der Waals surface area contributed by atoms with Crippen molar-refractivity contribution in [2.24, 2.45) is 12.0 Å². The van der Waals surface area contributed by atoms with Gasteiger partial charge in [-0.25, -0.2) is 19.4 Å². The summed E-state index contributed by atoms with van der Waals surface area (Å²) in [6, 6.07) is 7.79. The van der Waals surface area contributed by atoms with Crippen LogP contribution >= 0.6 is 0 Å². The Bertz CT molecular complexity index is 1450. The smallest absolute Gasteiger partial charge is 0.225 e. The number of benzene rings is 1. The molecule has 1 saturated heterocycles. The number of aryl methyl sites for hydroxylation is 2. The molecule has 5 rings (SSSR count). The first kappa shape index (κ1) is 25.3. The lowest BCUT2D eigenvalue weighted by Gasteiger charge is -2.36. The standard InChI is InChI=1S/C27H30FN9O/c1-18-23(16-35(3)34-18)19-12-24(30-13-19)25(33-17-29)36-8-10-37(11-9-36)26-31-14-21(15-32-26)27(2,38)20-4-6-22(28)7-5-20/h4-7,12-17,29-30,38H,8-11H2,1-3H3/b29-17?,33-25+/t27-/m0/s1. The molecule has 1 fully saturated rings. The van der Waals surface area contributed by atoms with Gasteiger partial charge in [-0.15, -0.1) is 0 Å². The van der Waals surface area contributed by atoms with Crippen molar-refractivity contribution in [3.63, 3.8) is 0 Å². The zero-order valence-electron chi connectivity index (χ0n) is 21.6. The molecule has 38 heavy (non-hydrogen) atoms. The van der Waals surface area contributed by atoms with Gasteiger partial charge in [0.2, 0.25) is 5.95 Å². The summed E-state index contributed by atoms with van der Waals surface area (Å²) >= 11 is 0. The second-order valence-corrected chi connectivity index (χ2v) is 9.51. The molecule has 0 saturated carbocycles. The van der Waals surface area contributed by atoms with Crippen molar-refractivity contribution in [3.05, 3.63) is 83.5 Å². The Hall–Kier alpha value is -4.38. The summed E-state index contributed by atoms with van der Waals surface area (Å²) < 4.78 is 15.1. The second kappa shape index (κ2) is 10.2. The number of aromatic nitrogens is 5.